The maximum Gasteiger partial charge on any atom is 0.354 e. The molecule has 2 heterocycles. The Morgan fingerprint density at radius 3 is 2.95 bits per heavy atom. The van der Waals surface area contributed by atoms with Gasteiger partial charge in [-0.15, -0.1) is 0 Å². The van der Waals surface area contributed by atoms with Gasteiger partial charge < -0.3 is 14.7 Å². The molecule has 1 atom stereocenters. The molecule has 0 aliphatic carbocycles. The molecule has 1 N–H and O–H groups in total. The third kappa shape index (κ3) is 4.01. The molecule has 21 heavy (non-hydrogen) atoms. The molecule has 0 radical (unpaired) electrons. The Kier molecular flexibility index (Phi) is 4.90. The number of carboxylic acid groups (broad SMARTS) is 1. The van der Waals surface area contributed by atoms with Crippen molar-refractivity contribution in [2.45, 2.75) is 26.4 Å². The second-order valence-electron chi connectivity index (χ2n) is 5.62. The smallest absolute Gasteiger partial charge is 0.354 e. The minimum Gasteiger partial charge on any atom is -0.477 e. The predicted molar refractivity (Wildman–Crippen MR) is 76.3 cm³/mol. The lowest BCUT2D eigenvalue weighted by Gasteiger charge is -2.17. The molecule has 0 spiro atoms. The van der Waals surface area contributed by atoms with Crippen molar-refractivity contribution in [3.05, 3.63) is 29.6 Å². The molecule has 114 valence electrons. The summed E-state index contributed by atoms with van der Waals surface area (Å²) in [6.45, 7) is 6.04. The number of likely N-dealkylation sites (tertiary alicyclic amines) is 1. The van der Waals surface area contributed by atoms with E-state index in [1.54, 1.807) is 4.90 Å². The van der Waals surface area contributed by atoms with E-state index in [0.29, 0.717) is 31.2 Å². The average Bonchev–Trinajstić information content (AvgIpc) is 2.93. The van der Waals surface area contributed by atoms with E-state index in [1.807, 2.05) is 0 Å². The Hall–Kier alpha value is -1.95. The zero-order chi connectivity index (χ0) is 15.4. The zero-order valence-corrected chi connectivity index (χ0v) is 12.3. The number of amides is 1. The van der Waals surface area contributed by atoms with Crippen molar-refractivity contribution in [3.63, 3.8) is 0 Å². The maximum atomic E-state index is 12.4. The van der Waals surface area contributed by atoms with Crippen LogP contribution in [0.4, 0.5) is 0 Å². The summed E-state index contributed by atoms with van der Waals surface area (Å²) < 4.78 is 5.74. The maximum absolute atomic E-state index is 12.4. The number of rotatable bonds is 5. The monoisotopic (exact) mass is 292 g/mol. The van der Waals surface area contributed by atoms with Crippen LogP contribution in [0.1, 0.15) is 41.1 Å². The summed E-state index contributed by atoms with van der Waals surface area (Å²) in [5.41, 5.74) is 0.236. The second-order valence-corrected chi connectivity index (χ2v) is 5.62. The van der Waals surface area contributed by atoms with Crippen LogP contribution in [0.25, 0.3) is 0 Å². The second kappa shape index (κ2) is 6.67. The molecule has 1 amide bonds. The lowest BCUT2D eigenvalue weighted by atomic mass is 10.2. The third-order valence-electron chi connectivity index (χ3n) is 3.32. The quantitative estimate of drug-likeness (QED) is 0.893. The summed E-state index contributed by atoms with van der Waals surface area (Å²) in [4.78, 5) is 28.7. The number of carbonyl (C=O) groups excluding carboxylic acids is 1. The molecule has 1 aliphatic heterocycles. The SMILES string of the molecule is CC(C)COC1CCN(C(=O)c2ccnc(C(=O)O)c2)C1. The average molecular weight is 292 g/mol. The first-order valence-electron chi connectivity index (χ1n) is 7.07. The molecule has 0 saturated carbocycles. The Bertz CT molecular complexity index is 530. The van der Waals surface area contributed by atoms with Gasteiger partial charge in [-0.05, 0) is 24.5 Å². The first kappa shape index (κ1) is 15.4. The van der Waals surface area contributed by atoms with Crippen molar-refractivity contribution in [2.75, 3.05) is 19.7 Å². The van der Waals surface area contributed by atoms with Crippen LogP contribution in [0.3, 0.4) is 0 Å². The van der Waals surface area contributed by atoms with Crippen molar-refractivity contribution < 1.29 is 19.4 Å². The molecule has 2 rings (SSSR count). The van der Waals surface area contributed by atoms with E-state index < -0.39 is 5.97 Å². The summed E-state index contributed by atoms with van der Waals surface area (Å²) in [7, 11) is 0. The van der Waals surface area contributed by atoms with Crippen LogP contribution >= 0.6 is 0 Å². The highest BCUT2D eigenvalue weighted by Crippen LogP contribution is 2.17. The predicted octanol–water partition coefficient (Wildman–Crippen LogP) is 1.67. The van der Waals surface area contributed by atoms with E-state index in [0.717, 1.165) is 6.42 Å². The van der Waals surface area contributed by atoms with E-state index in [-0.39, 0.29) is 17.7 Å². The summed E-state index contributed by atoms with van der Waals surface area (Å²) in [5.74, 6) is -0.840. The molecule has 0 aromatic carbocycles. The molecular weight excluding hydrogens is 272 g/mol. The third-order valence-corrected chi connectivity index (χ3v) is 3.32. The zero-order valence-electron chi connectivity index (χ0n) is 12.3. The van der Waals surface area contributed by atoms with Crippen molar-refractivity contribution in [3.8, 4) is 0 Å². The van der Waals surface area contributed by atoms with E-state index in [1.165, 1.54) is 18.3 Å². The molecule has 1 saturated heterocycles. The first-order chi connectivity index (χ1) is 9.97. The van der Waals surface area contributed by atoms with Gasteiger partial charge in [0, 0.05) is 31.5 Å². The van der Waals surface area contributed by atoms with Crippen LogP contribution in [-0.2, 0) is 4.74 Å². The van der Waals surface area contributed by atoms with Crippen molar-refractivity contribution in [1.82, 2.24) is 9.88 Å². The largest absolute Gasteiger partial charge is 0.477 e. The number of hydrogen-bond donors (Lipinski definition) is 1. The molecule has 1 aromatic rings. The minimum atomic E-state index is -1.13. The molecular formula is C15H20N2O4. The Morgan fingerprint density at radius 2 is 2.29 bits per heavy atom. The summed E-state index contributed by atoms with van der Waals surface area (Å²) >= 11 is 0. The number of carboxylic acids is 1. The van der Waals surface area contributed by atoms with E-state index in [9.17, 15) is 9.59 Å². The fourth-order valence-electron chi connectivity index (χ4n) is 2.24. The van der Waals surface area contributed by atoms with Gasteiger partial charge in [0.05, 0.1) is 6.10 Å². The summed E-state index contributed by atoms with van der Waals surface area (Å²) in [6.07, 6.45) is 2.23. The normalized spacial score (nSPS) is 18.2. The Balaban J connectivity index is 1.98. The van der Waals surface area contributed by atoms with Gasteiger partial charge in [0.25, 0.3) is 5.91 Å². The molecule has 6 heteroatoms. The molecule has 1 aliphatic rings. The number of nitrogens with zero attached hydrogens (tertiary/aromatic N) is 2. The highest BCUT2D eigenvalue weighted by atomic mass is 16.5. The molecule has 0 bridgehead atoms. The van der Waals surface area contributed by atoms with Crippen LogP contribution in [0.2, 0.25) is 0 Å². The van der Waals surface area contributed by atoms with E-state index in [4.69, 9.17) is 9.84 Å². The Labute approximate surface area is 123 Å². The van der Waals surface area contributed by atoms with Gasteiger partial charge in [-0.3, -0.25) is 4.79 Å². The number of aromatic nitrogens is 1. The highest BCUT2D eigenvalue weighted by molar-refractivity contribution is 5.96. The van der Waals surface area contributed by atoms with Crippen LogP contribution in [-0.4, -0.2) is 52.7 Å². The fraction of sp³-hybridized carbons (Fsp3) is 0.533. The fourth-order valence-corrected chi connectivity index (χ4v) is 2.24. The molecule has 1 aromatic heterocycles. The molecule has 1 unspecified atom stereocenters. The van der Waals surface area contributed by atoms with E-state index in [2.05, 4.69) is 18.8 Å². The van der Waals surface area contributed by atoms with Gasteiger partial charge in [0.15, 0.2) is 0 Å². The first-order valence-corrected chi connectivity index (χ1v) is 7.07. The van der Waals surface area contributed by atoms with Gasteiger partial charge in [-0.1, -0.05) is 13.8 Å². The number of ether oxygens (including phenoxy) is 1. The summed E-state index contributed by atoms with van der Waals surface area (Å²) in [5, 5.41) is 8.91. The number of aromatic carboxylic acids is 1. The topological polar surface area (TPSA) is 79.7 Å². The minimum absolute atomic E-state index is 0.0668. The molecule has 6 nitrogen and oxygen atoms in total. The van der Waals surface area contributed by atoms with Crippen molar-refractivity contribution in [2.24, 2.45) is 5.92 Å². The van der Waals surface area contributed by atoms with Gasteiger partial charge >= 0.3 is 5.97 Å². The van der Waals surface area contributed by atoms with Crippen LogP contribution in [0.15, 0.2) is 18.3 Å². The summed E-state index contributed by atoms with van der Waals surface area (Å²) in [6, 6.07) is 2.85. The number of hydrogen-bond acceptors (Lipinski definition) is 4. The standard InChI is InChI=1S/C15H20N2O4/c1-10(2)9-21-12-4-6-17(8-12)14(18)11-3-5-16-13(7-11)15(19)20/h3,5,7,10,12H,4,6,8-9H2,1-2H3,(H,19,20). The number of carbonyl (C=O) groups is 2. The highest BCUT2D eigenvalue weighted by Gasteiger charge is 2.28. The van der Waals surface area contributed by atoms with Crippen LogP contribution in [0.5, 0.6) is 0 Å². The van der Waals surface area contributed by atoms with Crippen molar-refractivity contribution in [1.29, 1.82) is 0 Å². The Morgan fingerprint density at radius 1 is 1.52 bits per heavy atom. The van der Waals surface area contributed by atoms with E-state index >= 15 is 0 Å². The lowest BCUT2D eigenvalue weighted by Crippen LogP contribution is -2.30. The van der Waals surface area contributed by atoms with Gasteiger partial charge in [0.1, 0.15) is 5.69 Å². The van der Waals surface area contributed by atoms with Gasteiger partial charge in [0.2, 0.25) is 0 Å². The number of pyridine rings is 1. The van der Waals surface area contributed by atoms with Crippen LogP contribution in [0, 0.1) is 5.92 Å². The van der Waals surface area contributed by atoms with Gasteiger partial charge in [-0.25, -0.2) is 9.78 Å². The van der Waals surface area contributed by atoms with Gasteiger partial charge in [-0.2, -0.15) is 0 Å². The van der Waals surface area contributed by atoms with Crippen LogP contribution < -0.4 is 0 Å². The lowest BCUT2D eigenvalue weighted by molar-refractivity contribution is 0.0396. The molecule has 1 fully saturated rings. The van der Waals surface area contributed by atoms with Crippen molar-refractivity contribution >= 4 is 11.9 Å².